The van der Waals surface area contributed by atoms with E-state index >= 15 is 0 Å². The van der Waals surface area contributed by atoms with Crippen LogP contribution in [-0.4, -0.2) is 59.3 Å². The van der Waals surface area contributed by atoms with E-state index in [0.29, 0.717) is 19.7 Å². The molecule has 0 atom stereocenters. The van der Waals surface area contributed by atoms with Crippen molar-refractivity contribution in [3.05, 3.63) is 75.3 Å². The van der Waals surface area contributed by atoms with Crippen molar-refractivity contribution in [2.75, 3.05) is 26.8 Å². The van der Waals surface area contributed by atoms with Gasteiger partial charge in [-0.15, -0.1) is 0 Å². The van der Waals surface area contributed by atoms with Crippen LogP contribution in [0, 0.1) is 10.1 Å². The fourth-order valence-corrected chi connectivity index (χ4v) is 3.07. The Hall–Kier alpha value is -3.59. The van der Waals surface area contributed by atoms with Gasteiger partial charge in [-0.2, -0.15) is 0 Å². The molecule has 0 bridgehead atoms. The highest BCUT2D eigenvalue weighted by Crippen LogP contribution is 2.26. The van der Waals surface area contributed by atoms with Crippen LogP contribution in [0.1, 0.15) is 26.3 Å². The number of hydrogen-bond acceptors (Lipinski definition) is 6. The van der Waals surface area contributed by atoms with E-state index in [9.17, 15) is 24.5 Å². The van der Waals surface area contributed by atoms with Crippen molar-refractivity contribution < 1.29 is 24.0 Å². The first-order valence-electron chi connectivity index (χ1n) is 8.87. The van der Waals surface area contributed by atoms with E-state index in [4.69, 9.17) is 4.74 Å². The highest BCUT2D eigenvalue weighted by Gasteiger charge is 2.38. The Morgan fingerprint density at radius 2 is 1.79 bits per heavy atom. The molecule has 0 aromatic heterocycles. The molecule has 0 radical (unpaired) electrons. The average Bonchev–Trinajstić information content (AvgIpc) is 2.96. The van der Waals surface area contributed by atoms with Gasteiger partial charge in [0.25, 0.3) is 17.5 Å². The van der Waals surface area contributed by atoms with Crippen molar-refractivity contribution in [2.24, 2.45) is 0 Å². The van der Waals surface area contributed by atoms with E-state index in [-0.39, 0.29) is 16.8 Å². The summed E-state index contributed by atoms with van der Waals surface area (Å²) in [6, 6.07) is 12.8. The van der Waals surface area contributed by atoms with Gasteiger partial charge in [0, 0.05) is 32.3 Å². The number of fused-ring (bicyclic) bond motifs is 1. The molecule has 3 amide bonds. The second-order valence-electron chi connectivity index (χ2n) is 6.48. The third kappa shape index (κ3) is 4.30. The van der Waals surface area contributed by atoms with Crippen LogP contribution >= 0.6 is 0 Å². The Balaban J connectivity index is 1.77. The fourth-order valence-electron chi connectivity index (χ4n) is 3.07. The zero-order chi connectivity index (χ0) is 21.0. The Bertz CT molecular complexity index is 960. The summed E-state index contributed by atoms with van der Waals surface area (Å²) in [7, 11) is 1.52. The minimum atomic E-state index is -0.714. The van der Waals surface area contributed by atoms with Crippen molar-refractivity contribution in [3.8, 4) is 0 Å². The van der Waals surface area contributed by atoms with Crippen molar-refractivity contribution in [3.63, 3.8) is 0 Å². The molecule has 0 saturated carbocycles. The Kier molecular flexibility index (Phi) is 5.99. The third-order valence-electron chi connectivity index (χ3n) is 4.59. The molecule has 9 nitrogen and oxygen atoms in total. The van der Waals surface area contributed by atoms with Gasteiger partial charge >= 0.3 is 0 Å². The molecule has 0 saturated heterocycles. The Labute approximate surface area is 166 Å². The molecule has 1 heterocycles. The third-order valence-corrected chi connectivity index (χ3v) is 4.59. The van der Waals surface area contributed by atoms with E-state index in [2.05, 4.69) is 0 Å². The normalized spacial score (nSPS) is 12.8. The van der Waals surface area contributed by atoms with Gasteiger partial charge in [0.15, 0.2) is 0 Å². The quantitative estimate of drug-likeness (QED) is 0.382. The standard InChI is InChI=1S/C20H19N3O6/c1-29-10-9-21(12-14-5-3-2-4-6-14)18(24)13-22-19(25)16-8-7-15(23(27)28)11-17(16)20(22)26/h2-8,11H,9-10,12-13H2,1H3. The maximum absolute atomic E-state index is 12.8. The number of carbonyl (C=O) groups is 3. The van der Waals surface area contributed by atoms with Crippen LogP contribution in [0.4, 0.5) is 5.69 Å². The second-order valence-corrected chi connectivity index (χ2v) is 6.48. The number of hydrogen-bond donors (Lipinski definition) is 0. The number of rotatable bonds is 8. The van der Waals surface area contributed by atoms with E-state index in [1.54, 1.807) is 0 Å². The van der Waals surface area contributed by atoms with E-state index < -0.39 is 29.2 Å². The van der Waals surface area contributed by atoms with Gasteiger partial charge in [-0.1, -0.05) is 30.3 Å². The summed E-state index contributed by atoms with van der Waals surface area (Å²) in [5.41, 5.74) is 0.599. The molecule has 1 aliphatic heterocycles. The first-order chi connectivity index (χ1) is 13.9. The summed E-state index contributed by atoms with van der Waals surface area (Å²) in [5.74, 6) is -1.77. The van der Waals surface area contributed by atoms with Gasteiger partial charge in [0.05, 0.1) is 22.7 Å². The molecule has 2 aromatic rings. The number of amides is 3. The van der Waals surface area contributed by atoms with Crippen LogP contribution in [0.3, 0.4) is 0 Å². The van der Waals surface area contributed by atoms with Crippen LogP contribution in [0.2, 0.25) is 0 Å². The number of benzene rings is 2. The number of methoxy groups -OCH3 is 1. The number of ether oxygens (including phenoxy) is 1. The first-order valence-corrected chi connectivity index (χ1v) is 8.87. The highest BCUT2D eigenvalue weighted by molar-refractivity contribution is 6.22. The summed E-state index contributed by atoms with van der Waals surface area (Å²) in [5, 5.41) is 10.9. The van der Waals surface area contributed by atoms with E-state index in [0.717, 1.165) is 22.6 Å². The lowest BCUT2D eigenvalue weighted by Crippen LogP contribution is -2.43. The van der Waals surface area contributed by atoms with Crippen LogP contribution in [0.5, 0.6) is 0 Å². The van der Waals surface area contributed by atoms with Gasteiger partial charge in [0.1, 0.15) is 6.54 Å². The molecular weight excluding hydrogens is 378 g/mol. The Morgan fingerprint density at radius 3 is 2.45 bits per heavy atom. The van der Waals surface area contributed by atoms with Gasteiger partial charge in [-0.3, -0.25) is 29.4 Å². The summed E-state index contributed by atoms with van der Waals surface area (Å²) in [6.45, 7) is 0.445. The van der Waals surface area contributed by atoms with Crippen molar-refractivity contribution in [1.29, 1.82) is 0 Å². The molecule has 29 heavy (non-hydrogen) atoms. The predicted molar refractivity (Wildman–Crippen MR) is 102 cm³/mol. The lowest BCUT2D eigenvalue weighted by Gasteiger charge is -2.24. The number of carbonyl (C=O) groups excluding carboxylic acids is 3. The second kappa shape index (κ2) is 8.61. The molecule has 0 fully saturated rings. The van der Waals surface area contributed by atoms with Gasteiger partial charge < -0.3 is 9.64 Å². The van der Waals surface area contributed by atoms with Crippen LogP contribution < -0.4 is 0 Å². The van der Waals surface area contributed by atoms with E-state index in [1.165, 1.54) is 18.1 Å². The molecule has 9 heteroatoms. The maximum Gasteiger partial charge on any atom is 0.270 e. The average molecular weight is 397 g/mol. The minimum absolute atomic E-state index is 0.0555. The molecule has 0 unspecified atom stereocenters. The van der Waals surface area contributed by atoms with Crippen LogP contribution in [0.25, 0.3) is 0 Å². The summed E-state index contributed by atoms with van der Waals surface area (Å²) in [4.78, 5) is 50.6. The predicted octanol–water partition coefficient (Wildman–Crippen LogP) is 1.87. The summed E-state index contributed by atoms with van der Waals surface area (Å²) < 4.78 is 5.05. The van der Waals surface area contributed by atoms with Crippen molar-refractivity contribution >= 4 is 23.4 Å². The molecule has 1 aliphatic rings. The zero-order valence-corrected chi connectivity index (χ0v) is 15.7. The van der Waals surface area contributed by atoms with Crippen LogP contribution in [-0.2, 0) is 16.1 Å². The smallest absolute Gasteiger partial charge is 0.270 e. The van der Waals surface area contributed by atoms with Gasteiger partial charge in [-0.05, 0) is 11.6 Å². The SMILES string of the molecule is COCCN(Cc1ccccc1)C(=O)CN1C(=O)c2ccc([N+](=O)[O-])cc2C1=O. The topological polar surface area (TPSA) is 110 Å². The fraction of sp³-hybridized carbons (Fsp3) is 0.250. The highest BCUT2D eigenvalue weighted by atomic mass is 16.6. The molecular formula is C20H19N3O6. The van der Waals surface area contributed by atoms with E-state index in [1.807, 2.05) is 30.3 Å². The molecule has 0 aliphatic carbocycles. The molecule has 150 valence electrons. The lowest BCUT2D eigenvalue weighted by molar-refractivity contribution is -0.384. The number of nitro benzene ring substituents is 1. The minimum Gasteiger partial charge on any atom is -0.383 e. The van der Waals surface area contributed by atoms with Gasteiger partial charge in [0.2, 0.25) is 5.91 Å². The maximum atomic E-state index is 12.8. The van der Waals surface area contributed by atoms with Gasteiger partial charge in [-0.25, -0.2) is 0 Å². The molecule has 0 spiro atoms. The zero-order valence-electron chi connectivity index (χ0n) is 15.7. The Morgan fingerprint density at radius 1 is 1.10 bits per heavy atom. The molecule has 0 N–H and O–H groups in total. The summed E-state index contributed by atoms with van der Waals surface area (Å²) in [6.07, 6.45) is 0. The lowest BCUT2D eigenvalue weighted by atomic mass is 10.1. The molecule has 2 aromatic carbocycles. The van der Waals surface area contributed by atoms with Crippen LogP contribution in [0.15, 0.2) is 48.5 Å². The number of non-ortho nitro benzene ring substituents is 1. The molecule has 3 rings (SSSR count). The van der Waals surface area contributed by atoms with Crippen molar-refractivity contribution in [2.45, 2.75) is 6.54 Å². The summed E-state index contributed by atoms with van der Waals surface area (Å²) >= 11 is 0. The first kappa shape index (κ1) is 20.2. The number of imide groups is 1. The van der Waals surface area contributed by atoms with Crippen molar-refractivity contribution in [1.82, 2.24) is 9.80 Å². The number of nitro groups is 1. The largest absolute Gasteiger partial charge is 0.383 e. The number of nitrogens with zero attached hydrogens (tertiary/aromatic N) is 3. The monoisotopic (exact) mass is 397 g/mol.